The van der Waals surface area contributed by atoms with Crippen molar-refractivity contribution in [3.05, 3.63) is 65.2 Å². The van der Waals surface area contributed by atoms with Crippen LogP contribution in [0.15, 0.2) is 53.4 Å². The molecule has 0 bridgehead atoms. The van der Waals surface area contributed by atoms with Crippen molar-refractivity contribution in [2.24, 2.45) is 0 Å². The zero-order valence-corrected chi connectivity index (χ0v) is 17.3. The molecule has 1 aliphatic rings. The van der Waals surface area contributed by atoms with Gasteiger partial charge in [0.2, 0.25) is 10.0 Å². The molecule has 2 amide bonds. The number of carbonyl (C=O) groups is 2. The van der Waals surface area contributed by atoms with Crippen molar-refractivity contribution in [3.8, 4) is 0 Å². The van der Waals surface area contributed by atoms with Crippen LogP contribution in [0.5, 0.6) is 0 Å². The second-order valence-corrected chi connectivity index (χ2v) is 9.10. The molecule has 29 heavy (non-hydrogen) atoms. The Kier molecular flexibility index (Phi) is 6.34. The van der Waals surface area contributed by atoms with Gasteiger partial charge in [-0.25, -0.2) is 8.42 Å². The standard InChI is InChI=1S/C21H25N3O4S/c1-15-8-3-4-12-19(15)21(26)23-22-20(25)17-10-7-11-18(14-17)29(27,28)24-13-6-5-9-16(24)2/h3-4,7-8,10-12,14,16H,5-6,9,13H2,1-2H3,(H,22,25)(H,23,26)/t16-/m0/s1. The molecule has 0 spiro atoms. The maximum Gasteiger partial charge on any atom is 0.269 e. The fourth-order valence-corrected chi connectivity index (χ4v) is 5.19. The van der Waals surface area contributed by atoms with Gasteiger partial charge in [0.15, 0.2) is 0 Å². The number of hydrazine groups is 1. The second kappa shape index (κ2) is 8.75. The van der Waals surface area contributed by atoms with E-state index in [2.05, 4.69) is 10.9 Å². The summed E-state index contributed by atoms with van der Waals surface area (Å²) in [5.74, 6) is -1.03. The molecule has 1 heterocycles. The van der Waals surface area contributed by atoms with Crippen molar-refractivity contribution in [1.82, 2.24) is 15.2 Å². The summed E-state index contributed by atoms with van der Waals surface area (Å²) < 4.78 is 27.5. The van der Waals surface area contributed by atoms with Crippen LogP contribution in [-0.2, 0) is 10.0 Å². The molecule has 8 heteroatoms. The Labute approximate surface area is 171 Å². The van der Waals surface area contributed by atoms with E-state index in [9.17, 15) is 18.0 Å². The maximum absolute atomic E-state index is 13.0. The van der Waals surface area contributed by atoms with Crippen molar-refractivity contribution < 1.29 is 18.0 Å². The predicted octanol–water partition coefficient (Wildman–Crippen LogP) is 2.63. The molecule has 0 unspecified atom stereocenters. The molecular weight excluding hydrogens is 390 g/mol. The smallest absolute Gasteiger partial charge is 0.267 e. The van der Waals surface area contributed by atoms with Crippen molar-refractivity contribution in [3.63, 3.8) is 0 Å². The molecule has 0 aliphatic carbocycles. The van der Waals surface area contributed by atoms with Crippen LogP contribution in [0.25, 0.3) is 0 Å². The summed E-state index contributed by atoms with van der Waals surface area (Å²) in [6.07, 6.45) is 2.66. The van der Waals surface area contributed by atoms with E-state index in [1.165, 1.54) is 28.6 Å². The third kappa shape index (κ3) is 4.65. The van der Waals surface area contributed by atoms with E-state index in [1.54, 1.807) is 25.1 Å². The van der Waals surface area contributed by atoms with Crippen molar-refractivity contribution >= 4 is 21.8 Å². The summed E-state index contributed by atoms with van der Waals surface area (Å²) in [6, 6.07) is 12.8. The summed E-state index contributed by atoms with van der Waals surface area (Å²) in [4.78, 5) is 24.8. The molecule has 2 N–H and O–H groups in total. The molecule has 1 aliphatic heterocycles. The molecule has 1 saturated heterocycles. The highest BCUT2D eigenvalue weighted by atomic mass is 32.2. The van der Waals surface area contributed by atoms with Crippen LogP contribution in [0.1, 0.15) is 52.5 Å². The quantitative estimate of drug-likeness (QED) is 0.751. The van der Waals surface area contributed by atoms with Crippen LogP contribution in [-0.4, -0.2) is 37.1 Å². The number of nitrogens with zero attached hydrogens (tertiary/aromatic N) is 1. The number of amides is 2. The first-order valence-electron chi connectivity index (χ1n) is 9.59. The number of rotatable bonds is 4. The molecule has 0 saturated carbocycles. The minimum Gasteiger partial charge on any atom is -0.267 e. The number of carbonyl (C=O) groups excluding carboxylic acids is 2. The van der Waals surface area contributed by atoms with Crippen LogP contribution in [0.3, 0.4) is 0 Å². The Morgan fingerprint density at radius 1 is 1.00 bits per heavy atom. The lowest BCUT2D eigenvalue weighted by Gasteiger charge is -2.32. The van der Waals surface area contributed by atoms with E-state index in [4.69, 9.17) is 0 Å². The maximum atomic E-state index is 13.0. The number of piperidine rings is 1. The lowest BCUT2D eigenvalue weighted by atomic mass is 10.1. The van der Waals surface area contributed by atoms with Gasteiger partial charge in [-0.15, -0.1) is 0 Å². The normalized spacial score (nSPS) is 17.5. The van der Waals surface area contributed by atoms with Crippen LogP contribution >= 0.6 is 0 Å². The number of hydrogen-bond acceptors (Lipinski definition) is 4. The second-order valence-electron chi connectivity index (χ2n) is 7.21. The highest BCUT2D eigenvalue weighted by Gasteiger charge is 2.31. The summed E-state index contributed by atoms with van der Waals surface area (Å²) >= 11 is 0. The van der Waals surface area contributed by atoms with E-state index in [1.807, 2.05) is 13.0 Å². The number of nitrogens with one attached hydrogen (secondary N) is 2. The molecule has 154 valence electrons. The van der Waals surface area contributed by atoms with Gasteiger partial charge in [-0.2, -0.15) is 4.31 Å². The number of benzene rings is 2. The summed E-state index contributed by atoms with van der Waals surface area (Å²) in [5.41, 5.74) is 6.09. The Balaban J connectivity index is 1.72. The highest BCUT2D eigenvalue weighted by molar-refractivity contribution is 7.89. The van der Waals surface area contributed by atoms with Crippen LogP contribution < -0.4 is 10.9 Å². The number of aryl methyl sites for hydroxylation is 1. The molecule has 1 fully saturated rings. The number of sulfonamides is 1. The Hall–Kier alpha value is -2.71. The van der Waals surface area contributed by atoms with Gasteiger partial charge in [-0.1, -0.05) is 30.7 Å². The zero-order chi connectivity index (χ0) is 21.0. The van der Waals surface area contributed by atoms with Gasteiger partial charge in [0.1, 0.15) is 0 Å². The lowest BCUT2D eigenvalue weighted by molar-refractivity contribution is 0.0846. The molecule has 2 aromatic rings. The molecule has 2 aromatic carbocycles. The van der Waals surface area contributed by atoms with E-state index in [0.29, 0.717) is 12.1 Å². The Bertz CT molecular complexity index is 1020. The van der Waals surface area contributed by atoms with Gasteiger partial charge in [0.05, 0.1) is 4.90 Å². The topological polar surface area (TPSA) is 95.6 Å². The molecule has 0 aromatic heterocycles. The first kappa shape index (κ1) is 21.0. The van der Waals surface area contributed by atoms with Gasteiger partial charge in [0, 0.05) is 23.7 Å². The SMILES string of the molecule is Cc1ccccc1C(=O)NNC(=O)c1cccc(S(=O)(=O)N2CCCC[C@@H]2C)c1. The number of hydrogen-bond donors (Lipinski definition) is 2. The fourth-order valence-electron chi connectivity index (χ4n) is 3.44. The van der Waals surface area contributed by atoms with E-state index < -0.39 is 21.8 Å². The van der Waals surface area contributed by atoms with Gasteiger partial charge in [0.25, 0.3) is 11.8 Å². The average Bonchev–Trinajstić information content (AvgIpc) is 2.72. The van der Waals surface area contributed by atoms with Gasteiger partial charge >= 0.3 is 0 Å². The third-order valence-corrected chi connectivity index (χ3v) is 7.13. The Morgan fingerprint density at radius 3 is 2.45 bits per heavy atom. The molecular formula is C21H25N3O4S. The van der Waals surface area contributed by atoms with E-state index in [0.717, 1.165) is 24.8 Å². The predicted molar refractivity (Wildman–Crippen MR) is 110 cm³/mol. The van der Waals surface area contributed by atoms with Gasteiger partial charge in [-0.05, 0) is 56.5 Å². The highest BCUT2D eigenvalue weighted by Crippen LogP contribution is 2.25. The van der Waals surface area contributed by atoms with E-state index >= 15 is 0 Å². The fraction of sp³-hybridized carbons (Fsp3) is 0.333. The molecule has 0 radical (unpaired) electrons. The zero-order valence-electron chi connectivity index (χ0n) is 16.5. The summed E-state index contributed by atoms with van der Waals surface area (Å²) in [7, 11) is -3.68. The molecule has 1 atom stereocenters. The van der Waals surface area contributed by atoms with Crippen molar-refractivity contribution in [1.29, 1.82) is 0 Å². The van der Waals surface area contributed by atoms with Crippen LogP contribution in [0.2, 0.25) is 0 Å². The monoisotopic (exact) mass is 415 g/mol. The average molecular weight is 416 g/mol. The summed E-state index contributed by atoms with van der Waals surface area (Å²) in [6.45, 7) is 4.17. The molecule has 7 nitrogen and oxygen atoms in total. The van der Waals surface area contributed by atoms with Crippen molar-refractivity contribution in [2.75, 3.05) is 6.54 Å². The largest absolute Gasteiger partial charge is 0.269 e. The van der Waals surface area contributed by atoms with Gasteiger partial charge in [-0.3, -0.25) is 20.4 Å². The van der Waals surface area contributed by atoms with Crippen LogP contribution in [0.4, 0.5) is 0 Å². The first-order valence-corrected chi connectivity index (χ1v) is 11.0. The molecule has 3 rings (SSSR count). The third-order valence-electron chi connectivity index (χ3n) is 5.12. The van der Waals surface area contributed by atoms with Gasteiger partial charge < -0.3 is 0 Å². The Morgan fingerprint density at radius 2 is 1.72 bits per heavy atom. The lowest BCUT2D eigenvalue weighted by Crippen LogP contribution is -2.42. The van der Waals surface area contributed by atoms with Crippen LogP contribution in [0, 0.1) is 6.92 Å². The van der Waals surface area contributed by atoms with E-state index in [-0.39, 0.29) is 16.5 Å². The van der Waals surface area contributed by atoms with Crippen molar-refractivity contribution in [2.45, 2.75) is 44.0 Å². The first-order chi connectivity index (χ1) is 13.8. The minimum absolute atomic E-state index is 0.0698. The minimum atomic E-state index is -3.68. The summed E-state index contributed by atoms with van der Waals surface area (Å²) in [5, 5.41) is 0.